The van der Waals surface area contributed by atoms with Crippen molar-refractivity contribution in [3.63, 3.8) is 0 Å². The summed E-state index contributed by atoms with van der Waals surface area (Å²) in [5, 5.41) is 14.2. The molecule has 138 valence electrons. The van der Waals surface area contributed by atoms with Gasteiger partial charge in [-0.25, -0.2) is 4.98 Å². The number of rotatable bonds is 3. The van der Waals surface area contributed by atoms with Crippen LogP contribution in [0.5, 0.6) is 0 Å². The van der Waals surface area contributed by atoms with E-state index >= 15 is 0 Å². The van der Waals surface area contributed by atoms with Crippen LogP contribution < -0.4 is 0 Å². The number of piperidine rings is 1. The highest BCUT2D eigenvalue weighted by Gasteiger charge is 2.30. The molecular formula is C18H24N6O2. The van der Waals surface area contributed by atoms with Crippen LogP contribution in [0.4, 0.5) is 0 Å². The van der Waals surface area contributed by atoms with E-state index in [9.17, 15) is 9.90 Å². The molecule has 0 bridgehead atoms. The summed E-state index contributed by atoms with van der Waals surface area (Å²) in [5.41, 5.74) is 2.31. The Hall–Kier alpha value is -2.32. The molecule has 8 nitrogen and oxygen atoms in total. The normalized spacial score (nSPS) is 20.0. The van der Waals surface area contributed by atoms with Gasteiger partial charge < -0.3 is 10.0 Å². The van der Waals surface area contributed by atoms with Crippen LogP contribution in [0, 0.1) is 0 Å². The van der Waals surface area contributed by atoms with E-state index in [2.05, 4.69) is 20.0 Å². The second-order valence-electron chi connectivity index (χ2n) is 7.04. The fourth-order valence-corrected chi connectivity index (χ4v) is 3.83. The number of aliphatic hydroxyl groups excluding tert-OH is 1. The first-order valence-electron chi connectivity index (χ1n) is 9.16. The van der Waals surface area contributed by atoms with Crippen LogP contribution >= 0.6 is 0 Å². The topological polar surface area (TPSA) is 87.4 Å². The van der Waals surface area contributed by atoms with Crippen LogP contribution in [0.3, 0.4) is 0 Å². The van der Waals surface area contributed by atoms with Crippen molar-refractivity contribution in [1.29, 1.82) is 0 Å². The average Bonchev–Trinajstić information content (AvgIpc) is 3.12. The number of fused-ring (bicyclic) bond motifs is 1. The minimum atomic E-state index is -0.531. The van der Waals surface area contributed by atoms with Crippen molar-refractivity contribution in [2.24, 2.45) is 0 Å². The zero-order valence-electron chi connectivity index (χ0n) is 15.0. The Bertz CT molecular complexity index is 767. The Balaban J connectivity index is 1.36. The third-order valence-corrected chi connectivity index (χ3v) is 5.32. The van der Waals surface area contributed by atoms with E-state index in [0.717, 1.165) is 57.0 Å². The van der Waals surface area contributed by atoms with E-state index in [1.807, 2.05) is 15.6 Å². The predicted molar refractivity (Wildman–Crippen MR) is 94.2 cm³/mol. The van der Waals surface area contributed by atoms with Crippen LogP contribution in [0.15, 0.2) is 24.7 Å². The number of likely N-dealkylation sites (tertiary alicyclic amines) is 1. The number of carbonyl (C=O) groups excluding carboxylic acids is 1. The molecule has 8 heteroatoms. The van der Waals surface area contributed by atoms with Crippen LogP contribution in [0.25, 0.3) is 0 Å². The lowest BCUT2D eigenvalue weighted by Crippen LogP contribution is -2.48. The molecule has 0 radical (unpaired) electrons. The highest BCUT2D eigenvalue weighted by atomic mass is 16.3. The highest BCUT2D eigenvalue weighted by Crippen LogP contribution is 2.24. The van der Waals surface area contributed by atoms with E-state index in [0.29, 0.717) is 11.7 Å². The van der Waals surface area contributed by atoms with Crippen molar-refractivity contribution in [2.45, 2.75) is 45.0 Å². The third-order valence-electron chi connectivity index (χ3n) is 5.32. The quantitative estimate of drug-likeness (QED) is 0.877. The summed E-state index contributed by atoms with van der Waals surface area (Å²) < 4.78 is 2.01. The van der Waals surface area contributed by atoms with Gasteiger partial charge in [-0.2, -0.15) is 5.10 Å². The Morgan fingerprint density at radius 3 is 2.73 bits per heavy atom. The Labute approximate surface area is 152 Å². The second-order valence-corrected chi connectivity index (χ2v) is 7.04. The number of aromatic nitrogens is 4. The predicted octanol–water partition coefficient (Wildman–Crippen LogP) is 0.847. The molecule has 1 N–H and O–H groups in total. The molecule has 1 atom stereocenters. The number of carbonyl (C=O) groups is 1. The van der Waals surface area contributed by atoms with Gasteiger partial charge in [-0.05, 0) is 25.8 Å². The first-order chi connectivity index (χ1) is 12.6. The van der Waals surface area contributed by atoms with Crippen LogP contribution in [0.1, 0.15) is 47.7 Å². The lowest BCUT2D eigenvalue weighted by Gasteiger charge is -2.40. The molecule has 2 aromatic heterocycles. The van der Waals surface area contributed by atoms with Gasteiger partial charge in [-0.15, -0.1) is 0 Å². The standard InChI is InChI=1S/C18H24N6O2/c1-13(25)16-10-15-12-23(8-9-24(15)21-16)14-2-6-22(7-3-14)18(26)17-11-19-4-5-20-17/h4-5,10-11,13-14,25H,2-3,6-9,12H2,1H3. The van der Waals surface area contributed by atoms with Crippen molar-refractivity contribution in [3.8, 4) is 0 Å². The first kappa shape index (κ1) is 17.1. The van der Waals surface area contributed by atoms with E-state index in [1.54, 1.807) is 19.3 Å². The van der Waals surface area contributed by atoms with Crippen molar-refractivity contribution in [3.05, 3.63) is 41.7 Å². The second kappa shape index (κ2) is 7.13. The molecule has 1 unspecified atom stereocenters. The molecule has 0 spiro atoms. The Kier molecular flexibility index (Phi) is 4.69. The molecule has 26 heavy (non-hydrogen) atoms. The van der Waals surface area contributed by atoms with Gasteiger partial charge in [-0.3, -0.25) is 19.4 Å². The molecule has 1 amide bonds. The Morgan fingerprint density at radius 2 is 2.04 bits per heavy atom. The summed E-state index contributed by atoms with van der Waals surface area (Å²) in [6.07, 6.45) is 6.05. The number of hydrogen-bond acceptors (Lipinski definition) is 6. The van der Waals surface area contributed by atoms with Crippen molar-refractivity contribution in [1.82, 2.24) is 29.5 Å². The largest absolute Gasteiger partial charge is 0.387 e. The molecule has 0 saturated carbocycles. The van der Waals surface area contributed by atoms with Gasteiger partial charge in [-0.1, -0.05) is 0 Å². The maximum atomic E-state index is 12.5. The molecular weight excluding hydrogens is 332 g/mol. The van der Waals surface area contributed by atoms with Gasteiger partial charge in [0.05, 0.1) is 30.2 Å². The SMILES string of the molecule is CC(O)c1cc2n(n1)CCN(C1CCN(C(=O)c3cnccn3)CC1)C2. The summed E-state index contributed by atoms with van der Waals surface area (Å²) in [4.78, 5) is 24.9. The van der Waals surface area contributed by atoms with Crippen LogP contribution in [-0.4, -0.2) is 66.2 Å². The van der Waals surface area contributed by atoms with Gasteiger partial charge >= 0.3 is 0 Å². The lowest BCUT2D eigenvalue weighted by molar-refractivity contribution is 0.0564. The molecule has 1 fully saturated rings. The van der Waals surface area contributed by atoms with Gasteiger partial charge in [0.25, 0.3) is 5.91 Å². The minimum absolute atomic E-state index is 0.0326. The smallest absolute Gasteiger partial charge is 0.274 e. The molecule has 2 aliphatic rings. The maximum absolute atomic E-state index is 12.5. The molecule has 4 rings (SSSR count). The molecule has 2 aromatic rings. The molecule has 0 aromatic carbocycles. The van der Waals surface area contributed by atoms with Crippen LogP contribution in [0.2, 0.25) is 0 Å². The summed E-state index contributed by atoms with van der Waals surface area (Å²) in [6, 6.07) is 2.48. The monoisotopic (exact) mass is 356 g/mol. The third kappa shape index (κ3) is 3.34. The first-order valence-corrected chi connectivity index (χ1v) is 9.16. The fourth-order valence-electron chi connectivity index (χ4n) is 3.83. The number of nitrogens with zero attached hydrogens (tertiary/aromatic N) is 6. The number of hydrogen-bond donors (Lipinski definition) is 1. The lowest BCUT2D eigenvalue weighted by atomic mass is 10.0. The molecule has 4 heterocycles. The highest BCUT2D eigenvalue weighted by molar-refractivity contribution is 5.92. The van der Waals surface area contributed by atoms with E-state index in [4.69, 9.17) is 0 Å². The Morgan fingerprint density at radius 1 is 1.23 bits per heavy atom. The zero-order valence-corrected chi connectivity index (χ0v) is 15.0. The van der Waals surface area contributed by atoms with Gasteiger partial charge in [0.1, 0.15) is 5.69 Å². The van der Waals surface area contributed by atoms with E-state index in [-0.39, 0.29) is 5.91 Å². The molecule has 2 aliphatic heterocycles. The van der Waals surface area contributed by atoms with Crippen molar-refractivity contribution >= 4 is 5.91 Å². The molecule has 0 aliphatic carbocycles. The summed E-state index contributed by atoms with van der Waals surface area (Å²) in [6.45, 7) is 5.89. The van der Waals surface area contributed by atoms with E-state index in [1.165, 1.54) is 6.20 Å². The summed E-state index contributed by atoms with van der Waals surface area (Å²) in [5.74, 6) is -0.0326. The summed E-state index contributed by atoms with van der Waals surface area (Å²) >= 11 is 0. The van der Waals surface area contributed by atoms with Crippen LogP contribution in [-0.2, 0) is 13.1 Å². The van der Waals surface area contributed by atoms with E-state index < -0.39 is 6.10 Å². The van der Waals surface area contributed by atoms with Gasteiger partial charge in [0.2, 0.25) is 0 Å². The maximum Gasteiger partial charge on any atom is 0.274 e. The zero-order chi connectivity index (χ0) is 18.1. The fraction of sp³-hybridized carbons (Fsp3) is 0.556. The molecule has 1 saturated heterocycles. The number of amides is 1. The van der Waals surface area contributed by atoms with Gasteiger partial charge in [0.15, 0.2) is 0 Å². The van der Waals surface area contributed by atoms with Crippen molar-refractivity contribution in [2.75, 3.05) is 19.6 Å². The van der Waals surface area contributed by atoms with Gasteiger partial charge in [0, 0.05) is 44.6 Å². The minimum Gasteiger partial charge on any atom is -0.387 e. The summed E-state index contributed by atoms with van der Waals surface area (Å²) in [7, 11) is 0. The van der Waals surface area contributed by atoms with Crippen molar-refractivity contribution < 1.29 is 9.90 Å². The average molecular weight is 356 g/mol. The number of aliphatic hydroxyl groups is 1.